The molecule has 3 N–H and O–H groups in total. The lowest BCUT2D eigenvalue weighted by Gasteiger charge is -2.36. The van der Waals surface area contributed by atoms with Gasteiger partial charge in [0.2, 0.25) is 0 Å². The molecule has 2 unspecified atom stereocenters. The van der Waals surface area contributed by atoms with Gasteiger partial charge in [0.1, 0.15) is 0 Å². The number of hydrogen-bond acceptors (Lipinski definition) is 4. The Hall–Kier alpha value is -0.650. The fraction of sp³-hybridized carbons (Fsp3) is 0.917. The lowest BCUT2D eigenvalue weighted by Crippen LogP contribution is -2.46. The normalized spacial score (nSPS) is 26.0. The first-order valence-corrected chi connectivity index (χ1v) is 6.38. The SMILES string of the molecule is O=C(O)CCCCCN1CCC(O)CC1CO. The molecule has 1 fully saturated rings. The fourth-order valence-electron chi connectivity index (χ4n) is 2.33. The number of likely N-dealkylation sites (tertiary alicyclic amines) is 1. The Kier molecular flexibility index (Phi) is 6.47. The number of carboxylic acid groups (broad SMARTS) is 1. The number of aliphatic carboxylic acids is 1. The van der Waals surface area contributed by atoms with Crippen LogP contribution >= 0.6 is 0 Å². The number of aliphatic hydroxyl groups is 2. The minimum absolute atomic E-state index is 0.0678. The van der Waals surface area contributed by atoms with Gasteiger partial charge in [-0.1, -0.05) is 6.42 Å². The highest BCUT2D eigenvalue weighted by molar-refractivity contribution is 5.66. The van der Waals surface area contributed by atoms with Gasteiger partial charge in [-0.05, 0) is 32.2 Å². The number of carboxylic acids is 1. The molecule has 1 heterocycles. The predicted molar refractivity (Wildman–Crippen MR) is 63.8 cm³/mol. The molecule has 1 saturated heterocycles. The molecule has 0 aliphatic carbocycles. The molecule has 0 saturated carbocycles. The highest BCUT2D eigenvalue weighted by Crippen LogP contribution is 2.18. The van der Waals surface area contributed by atoms with E-state index in [-0.39, 0.29) is 25.2 Å². The van der Waals surface area contributed by atoms with Crippen LogP contribution in [0.2, 0.25) is 0 Å². The van der Waals surface area contributed by atoms with Crippen molar-refractivity contribution in [2.75, 3.05) is 19.7 Å². The van der Waals surface area contributed by atoms with E-state index in [4.69, 9.17) is 5.11 Å². The van der Waals surface area contributed by atoms with Gasteiger partial charge in [-0.2, -0.15) is 0 Å². The molecule has 1 aliphatic rings. The van der Waals surface area contributed by atoms with Crippen LogP contribution in [0.5, 0.6) is 0 Å². The monoisotopic (exact) mass is 245 g/mol. The molecule has 0 spiro atoms. The standard InChI is InChI=1S/C12H23NO4/c14-9-10-8-11(15)5-7-13(10)6-3-1-2-4-12(16)17/h10-11,14-15H,1-9H2,(H,16,17). The Morgan fingerprint density at radius 2 is 2.06 bits per heavy atom. The minimum atomic E-state index is -0.737. The van der Waals surface area contributed by atoms with Crippen molar-refractivity contribution in [1.29, 1.82) is 0 Å². The predicted octanol–water partition coefficient (Wildman–Crippen LogP) is 0.449. The maximum Gasteiger partial charge on any atom is 0.303 e. The Bertz CT molecular complexity index is 235. The lowest BCUT2D eigenvalue weighted by atomic mass is 9.99. The molecule has 1 aliphatic heterocycles. The van der Waals surface area contributed by atoms with E-state index in [1.807, 2.05) is 0 Å². The van der Waals surface area contributed by atoms with Crippen LogP contribution in [0, 0.1) is 0 Å². The second kappa shape index (κ2) is 7.63. The first kappa shape index (κ1) is 14.4. The highest BCUT2D eigenvalue weighted by atomic mass is 16.4. The first-order chi connectivity index (χ1) is 8.13. The van der Waals surface area contributed by atoms with Crippen molar-refractivity contribution in [1.82, 2.24) is 4.90 Å². The average molecular weight is 245 g/mol. The van der Waals surface area contributed by atoms with E-state index < -0.39 is 5.97 Å². The van der Waals surface area contributed by atoms with Crippen LogP contribution in [0.25, 0.3) is 0 Å². The van der Waals surface area contributed by atoms with Crippen LogP contribution in [0.1, 0.15) is 38.5 Å². The van der Waals surface area contributed by atoms with Crippen molar-refractivity contribution in [3.05, 3.63) is 0 Å². The Balaban J connectivity index is 2.14. The number of unbranched alkanes of at least 4 members (excludes halogenated alkanes) is 2. The van der Waals surface area contributed by atoms with Crippen molar-refractivity contribution in [3.8, 4) is 0 Å². The zero-order chi connectivity index (χ0) is 12.7. The second-order valence-electron chi connectivity index (χ2n) is 4.75. The summed E-state index contributed by atoms with van der Waals surface area (Å²) in [7, 11) is 0. The number of nitrogens with zero attached hydrogens (tertiary/aromatic N) is 1. The molecule has 0 aromatic rings. The number of hydrogen-bond donors (Lipinski definition) is 3. The third kappa shape index (κ3) is 5.48. The summed E-state index contributed by atoms with van der Waals surface area (Å²) >= 11 is 0. The number of piperidine rings is 1. The number of aliphatic hydroxyl groups excluding tert-OH is 2. The van der Waals surface area contributed by atoms with Gasteiger partial charge in [0, 0.05) is 19.0 Å². The van der Waals surface area contributed by atoms with Crippen molar-refractivity contribution in [2.45, 2.75) is 50.7 Å². The summed E-state index contributed by atoms with van der Waals surface area (Å²) in [4.78, 5) is 12.5. The Morgan fingerprint density at radius 3 is 2.71 bits per heavy atom. The van der Waals surface area contributed by atoms with Crippen LogP contribution in [0.3, 0.4) is 0 Å². The van der Waals surface area contributed by atoms with Gasteiger partial charge in [-0.25, -0.2) is 0 Å². The third-order valence-electron chi connectivity index (χ3n) is 3.36. The van der Waals surface area contributed by atoms with Gasteiger partial charge in [-0.15, -0.1) is 0 Å². The van der Waals surface area contributed by atoms with Crippen molar-refractivity contribution < 1.29 is 20.1 Å². The van der Waals surface area contributed by atoms with E-state index in [1.54, 1.807) is 0 Å². The van der Waals surface area contributed by atoms with Gasteiger partial charge >= 0.3 is 5.97 Å². The number of carbonyl (C=O) groups is 1. The summed E-state index contributed by atoms with van der Waals surface area (Å²) in [6, 6.07) is 0.0678. The summed E-state index contributed by atoms with van der Waals surface area (Å²) in [6.45, 7) is 1.80. The Labute approximate surface area is 102 Å². The Morgan fingerprint density at radius 1 is 1.29 bits per heavy atom. The molecule has 5 nitrogen and oxygen atoms in total. The first-order valence-electron chi connectivity index (χ1n) is 6.38. The van der Waals surface area contributed by atoms with Gasteiger partial charge < -0.3 is 15.3 Å². The molecule has 100 valence electrons. The molecule has 0 aromatic carbocycles. The quantitative estimate of drug-likeness (QED) is 0.567. The fourth-order valence-corrected chi connectivity index (χ4v) is 2.33. The minimum Gasteiger partial charge on any atom is -0.481 e. The van der Waals surface area contributed by atoms with E-state index in [0.29, 0.717) is 6.42 Å². The van der Waals surface area contributed by atoms with Gasteiger partial charge in [0.05, 0.1) is 12.7 Å². The molecule has 0 radical (unpaired) electrons. The zero-order valence-electron chi connectivity index (χ0n) is 10.2. The summed E-state index contributed by atoms with van der Waals surface area (Å²) in [5.74, 6) is -0.737. The van der Waals surface area contributed by atoms with E-state index in [2.05, 4.69) is 4.90 Å². The van der Waals surface area contributed by atoms with Crippen molar-refractivity contribution >= 4 is 5.97 Å². The zero-order valence-corrected chi connectivity index (χ0v) is 10.2. The summed E-state index contributed by atoms with van der Waals surface area (Å²) in [5.41, 5.74) is 0. The van der Waals surface area contributed by atoms with E-state index in [9.17, 15) is 15.0 Å². The summed E-state index contributed by atoms with van der Waals surface area (Å²) in [6.07, 6.45) is 3.95. The van der Waals surface area contributed by atoms with Gasteiger partial charge in [-0.3, -0.25) is 9.69 Å². The summed E-state index contributed by atoms with van der Waals surface area (Å²) in [5, 5.41) is 27.2. The van der Waals surface area contributed by atoms with Gasteiger partial charge in [0.15, 0.2) is 0 Å². The molecular formula is C12H23NO4. The van der Waals surface area contributed by atoms with E-state index in [1.165, 1.54) is 0 Å². The van der Waals surface area contributed by atoms with Crippen molar-refractivity contribution in [3.63, 3.8) is 0 Å². The average Bonchev–Trinajstić information content (AvgIpc) is 2.29. The molecular weight excluding hydrogens is 222 g/mol. The molecule has 1 rings (SSSR count). The molecule has 17 heavy (non-hydrogen) atoms. The maximum atomic E-state index is 10.3. The molecule has 0 aromatic heterocycles. The second-order valence-corrected chi connectivity index (χ2v) is 4.75. The van der Waals surface area contributed by atoms with Crippen LogP contribution < -0.4 is 0 Å². The molecule has 0 bridgehead atoms. The lowest BCUT2D eigenvalue weighted by molar-refractivity contribution is -0.137. The van der Waals surface area contributed by atoms with E-state index in [0.717, 1.165) is 38.8 Å². The third-order valence-corrected chi connectivity index (χ3v) is 3.36. The van der Waals surface area contributed by atoms with Gasteiger partial charge in [0.25, 0.3) is 0 Å². The number of rotatable bonds is 7. The van der Waals surface area contributed by atoms with Crippen LogP contribution in [-0.2, 0) is 4.79 Å². The molecule has 2 atom stereocenters. The molecule has 5 heteroatoms. The van der Waals surface area contributed by atoms with Crippen LogP contribution in [0.4, 0.5) is 0 Å². The maximum absolute atomic E-state index is 10.3. The van der Waals surface area contributed by atoms with Crippen molar-refractivity contribution in [2.24, 2.45) is 0 Å². The summed E-state index contributed by atoms with van der Waals surface area (Å²) < 4.78 is 0. The largest absolute Gasteiger partial charge is 0.481 e. The van der Waals surface area contributed by atoms with Crippen LogP contribution in [-0.4, -0.2) is 58.0 Å². The van der Waals surface area contributed by atoms with E-state index >= 15 is 0 Å². The topological polar surface area (TPSA) is 81.0 Å². The van der Waals surface area contributed by atoms with Crippen LogP contribution in [0.15, 0.2) is 0 Å². The molecule has 0 amide bonds. The highest BCUT2D eigenvalue weighted by Gasteiger charge is 2.25. The smallest absolute Gasteiger partial charge is 0.303 e.